The molecule has 15 heteroatoms. The minimum atomic E-state index is -3.91. The number of halogens is 1. The molecule has 0 radical (unpaired) electrons. The van der Waals surface area contributed by atoms with Crippen molar-refractivity contribution in [1.29, 1.82) is 0 Å². The average molecular weight is 568 g/mol. The van der Waals surface area contributed by atoms with Crippen molar-refractivity contribution in [3.63, 3.8) is 0 Å². The van der Waals surface area contributed by atoms with E-state index in [1.165, 1.54) is 47.0 Å². The first-order valence-corrected chi connectivity index (χ1v) is 13.9. The van der Waals surface area contributed by atoms with E-state index in [4.69, 9.17) is 30.5 Å². The van der Waals surface area contributed by atoms with Gasteiger partial charge in [-0.3, -0.25) is 4.57 Å². The maximum Gasteiger partial charge on any atom is 0.245 e. The van der Waals surface area contributed by atoms with Gasteiger partial charge < -0.3 is 18.9 Å². The molecule has 1 aliphatic heterocycles. The molecule has 0 spiro atoms. The zero-order valence-electron chi connectivity index (χ0n) is 22.0. The fraction of sp³-hybridized carbons (Fsp3) is 0.565. The van der Waals surface area contributed by atoms with E-state index in [0.29, 0.717) is 17.3 Å². The molecule has 4 heterocycles. The van der Waals surface area contributed by atoms with Gasteiger partial charge >= 0.3 is 0 Å². The Labute approximate surface area is 225 Å². The first-order valence-electron chi connectivity index (χ1n) is 11.8. The molecule has 0 amide bonds. The number of methoxy groups -OCH3 is 3. The summed E-state index contributed by atoms with van der Waals surface area (Å²) in [5.41, 5.74) is -0.110. The quantitative estimate of drug-likeness (QED) is 0.354. The van der Waals surface area contributed by atoms with Crippen LogP contribution < -0.4 is 9.47 Å². The van der Waals surface area contributed by atoms with Gasteiger partial charge in [-0.1, -0.05) is 11.6 Å². The molecular weight excluding hydrogens is 538 g/mol. The lowest BCUT2D eigenvalue weighted by molar-refractivity contribution is -0.0207. The van der Waals surface area contributed by atoms with Gasteiger partial charge in [0.25, 0.3) is 0 Å². The second kappa shape index (κ2) is 11.0. The summed E-state index contributed by atoms with van der Waals surface area (Å²) in [6, 6.07) is 0. The predicted octanol–water partition coefficient (Wildman–Crippen LogP) is 2.84. The lowest BCUT2D eigenvalue weighted by Gasteiger charge is -2.22. The third kappa shape index (κ3) is 5.58. The highest BCUT2D eigenvalue weighted by Crippen LogP contribution is 2.41. The van der Waals surface area contributed by atoms with E-state index in [0.717, 1.165) is 6.42 Å². The van der Waals surface area contributed by atoms with E-state index in [1.54, 1.807) is 4.57 Å². The SMILES string of the molecule is COc1ncnc(OC)c1-n1c(CS(=O)(=O)[C@@H](C)[C@H](OC)c2ncc(Cl)cn2)nnc1[C@H]1CCC(C)(C)O1. The molecule has 38 heavy (non-hydrogen) atoms. The van der Waals surface area contributed by atoms with E-state index >= 15 is 0 Å². The molecule has 0 saturated carbocycles. The first kappa shape index (κ1) is 28.1. The Morgan fingerprint density at radius 1 is 1.11 bits per heavy atom. The largest absolute Gasteiger partial charge is 0.479 e. The second-order valence-corrected chi connectivity index (χ2v) is 12.2. The van der Waals surface area contributed by atoms with Crippen molar-refractivity contribution < 1.29 is 27.4 Å². The van der Waals surface area contributed by atoms with Gasteiger partial charge in [0.05, 0.1) is 30.1 Å². The molecule has 4 rings (SSSR count). The smallest absolute Gasteiger partial charge is 0.245 e. The van der Waals surface area contributed by atoms with Crippen molar-refractivity contribution in [2.45, 2.75) is 62.4 Å². The summed E-state index contributed by atoms with van der Waals surface area (Å²) in [7, 11) is 0.370. The fourth-order valence-electron chi connectivity index (χ4n) is 4.35. The monoisotopic (exact) mass is 567 g/mol. The van der Waals surface area contributed by atoms with Crippen LogP contribution in [0.25, 0.3) is 5.69 Å². The van der Waals surface area contributed by atoms with Crippen LogP contribution >= 0.6 is 11.6 Å². The number of sulfone groups is 1. The molecule has 3 aromatic heterocycles. The Morgan fingerprint density at radius 3 is 2.26 bits per heavy atom. The molecule has 3 atom stereocenters. The molecule has 206 valence electrons. The average Bonchev–Trinajstić information content (AvgIpc) is 3.46. The molecule has 0 aliphatic carbocycles. The van der Waals surface area contributed by atoms with Crippen LogP contribution in [0.5, 0.6) is 11.8 Å². The third-order valence-electron chi connectivity index (χ3n) is 6.35. The maximum atomic E-state index is 13.7. The van der Waals surface area contributed by atoms with Crippen LogP contribution in [0.2, 0.25) is 5.02 Å². The van der Waals surface area contributed by atoms with Crippen LogP contribution in [-0.4, -0.2) is 75.3 Å². The van der Waals surface area contributed by atoms with Crippen LogP contribution in [0.3, 0.4) is 0 Å². The molecule has 1 aliphatic rings. The van der Waals surface area contributed by atoms with Gasteiger partial charge in [-0.2, -0.15) is 9.97 Å². The van der Waals surface area contributed by atoms with E-state index in [9.17, 15) is 8.42 Å². The van der Waals surface area contributed by atoms with Gasteiger partial charge in [0.15, 0.2) is 33.0 Å². The van der Waals surface area contributed by atoms with Gasteiger partial charge in [0, 0.05) is 19.5 Å². The van der Waals surface area contributed by atoms with Gasteiger partial charge in [-0.15, -0.1) is 10.2 Å². The van der Waals surface area contributed by atoms with Crippen molar-refractivity contribution in [1.82, 2.24) is 34.7 Å². The fourth-order valence-corrected chi connectivity index (χ4v) is 5.87. The minimum Gasteiger partial charge on any atom is -0.479 e. The lowest BCUT2D eigenvalue weighted by atomic mass is 10.1. The molecule has 0 unspecified atom stereocenters. The minimum absolute atomic E-state index is 0.110. The number of nitrogens with zero attached hydrogens (tertiary/aromatic N) is 7. The summed E-state index contributed by atoms with van der Waals surface area (Å²) < 4.78 is 51.6. The van der Waals surface area contributed by atoms with Crippen LogP contribution in [0.15, 0.2) is 18.7 Å². The van der Waals surface area contributed by atoms with Crippen LogP contribution in [0, 0.1) is 0 Å². The summed E-state index contributed by atoms with van der Waals surface area (Å²) in [4.78, 5) is 16.7. The first-order chi connectivity index (χ1) is 18.0. The Balaban J connectivity index is 1.79. The summed E-state index contributed by atoms with van der Waals surface area (Å²) >= 11 is 5.89. The van der Waals surface area contributed by atoms with Gasteiger partial charge in [0.1, 0.15) is 24.3 Å². The molecule has 0 aromatic carbocycles. The molecular formula is C23H30ClN7O6S. The zero-order chi connectivity index (χ0) is 27.7. The third-order valence-corrected chi connectivity index (χ3v) is 8.59. The van der Waals surface area contributed by atoms with Crippen molar-refractivity contribution in [2.24, 2.45) is 0 Å². The molecule has 1 saturated heterocycles. The molecule has 1 fully saturated rings. The molecule has 3 aromatic rings. The normalized spacial score (nSPS) is 18.8. The Hall–Kier alpha value is -2.94. The van der Waals surface area contributed by atoms with Gasteiger partial charge in [-0.25, -0.2) is 18.4 Å². The highest BCUT2D eigenvalue weighted by Gasteiger charge is 2.39. The molecule has 0 bridgehead atoms. The number of rotatable bonds is 10. The maximum absolute atomic E-state index is 13.7. The summed E-state index contributed by atoms with van der Waals surface area (Å²) in [6.07, 6.45) is 4.10. The van der Waals surface area contributed by atoms with Crippen LogP contribution in [-0.2, 0) is 25.1 Å². The summed E-state index contributed by atoms with van der Waals surface area (Å²) in [6.45, 7) is 5.49. The zero-order valence-corrected chi connectivity index (χ0v) is 23.5. The van der Waals surface area contributed by atoms with Crippen LogP contribution in [0.1, 0.15) is 63.3 Å². The number of hydrogen-bond donors (Lipinski definition) is 0. The Kier molecular flexibility index (Phi) is 8.16. The van der Waals surface area contributed by atoms with Crippen molar-refractivity contribution in [3.8, 4) is 17.4 Å². The van der Waals surface area contributed by atoms with Crippen molar-refractivity contribution in [3.05, 3.63) is 41.2 Å². The molecule has 13 nitrogen and oxygen atoms in total. The second-order valence-electron chi connectivity index (χ2n) is 9.38. The Bertz CT molecular complexity index is 1360. The standard InChI is InChI=1S/C23H30ClN7O6S/c1-13(18(34-4)19-25-9-14(24)10-26-19)38(32,33)11-16-29-30-20(15-7-8-23(2,3)37-15)31(16)17-21(35-5)27-12-28-22(17)36-6/h9-10,12-13,15,18H,7-8,11H2,1-6H3/t13-,15+,18-/m0/s1. The lowest BCUT2D eigenvalue weighted by Crippen LogP contribution is -2.30. The van der Waals surface area contributed by atoms with Crippen molar-refractivity contribution in [2.75, 3.05) is 21.3 Å². The Morgan fingerprint density at radius 2 is 1.74 bits per heavy atom. The highest BCUT2D eigenvalue weighted by atomic mass is 35.5. The topological polar surface area (TPSA) is 153 Å². The molecule has 0 N–H and O–H groups in total. The van der Waals surface area contributed by atoms with E-state index in [2.05, 4.69) is 30.1 Å². The van der Waals surface area contributed by atoms with Gasteiger partial charge in [-0.05, 0) is 33.6 Å². The predicted molar refractivity (Wildman–Crippen MR) is 136 cm³/mol. The van der Waals surface area contributed by atoms with E-state index < -0.39 is 33.0 Å². The van der Waals surface area contributed by atoms with Crippen molar-refractivity contribution >= 4 is 21.4 Å². The summed E-state index contributed by atoms with van der Waals surface area (Å²) in [5.74, 6) is 0.517. The summed E-state index contributed by atoms with van der Waals surface area (Å²) in [5, 5.41) is 7.91. The van der Waals surface area contributed by atoms with Gasteiger partial charge in [0.2, 0.25) is 11.8 Å². The van der Waals surface area contributed by atoms with Crippen LogP contribution in [0.4, 0.5) is 0 Å². The van der Waals surface area contributed by atoms with E-state index in [1.807, 2.05) is 13.8 Å². The number of hydrogen-bond acceptors (Lipinski definition) is 12. The highest BCUT2D eigenvalue weighted by molar-refractivity contribution is 7.91. The number of ether oxygens (including phenoxy) is 4. The number of aromatic nitrogens is 7. The van der Waals surface area contributed by atoms with E-state index in [-0.39, 0.29) is 34.7 Å².